The summed E-state index contributed by atoms with van der Waals surface area (Å²) < 4.78 is 1.77. The highest BCUT2D eigenvalue weighted by atomic mass is 16.2. The van der Waals surface area contributed by atoms with E-state index >= 15 is 0 Å². The fourth-order valence-electron chi connectivity index (χ4n) is 2.47. The molecule has 1 saturated heterocycles. The van der Waals surface area contributed by atoms with Crippen LogP contribution in [0.1, 0.15) is 66.0 Å². The van der Waals surface area contributed by atoms with Gasteiger partial charge in [-0.25, -0.2) is 0 Å². The zero-order chi connectivity index (χ0) is 18.7. The number of aryl methyl sites for hydroxylation is 1. The SMILES string of the molecule is CC.CC.C\C=C/C=c1\c(=C/C)c(C2CCC(=O)NC2=O)nn1C. The smallest absolute Gasteiger partial charge is 0.235 e. The number of rotatable bonds is 2. The molecule has 0 aliphatic carbocycles. The van der Waals surface area contributed by atoms with Crippen LogP contribution in [0.4, 0.5) is 0 Å². The fourth-order valence-corrected chi connectivity index (χ4v) is 2.47. The molecule has 0 saturated carbocycles. The zero-order valence-corrected chi connectivity index (χ0v) is 16.0. The fraction of sp³-hybridized carbons (Fsp3) is 0.526. The molecule has 24 heavy (non-hydrogen) atoms. The van der Waals surface area contributed by atoms with Crippen molar-refractivity contribution in [2.24, 2.45) is 7.05 Å². The minimum absolute atomic E-state index is 0.204. The van der Waals surface area contributed by atoms with Gasteiger partial charge >= 0.3 is 0 Å². The maximum absolute atomic E-state index is 12.0. The van der Waals surface area contributed by atoms with Crippen molar-refractivity contribution in [2.75, 3.05) is 0 Å². The molecule has 1 aromatic rings. The van der Waals surface area contributed by atoms with Crippen molar-refractivity contribution in [3.63, 3.8) is 0 Å². The van der Waals surface area contributed by atoms with Crippen LogP contribution in [0.2, 0.25) is 0 Å². The van der Waals surface area contributed by atoms with Crippen LogP contribution in [-0.2, 0) is 16.6 Å². The number of imide groups is 1. The Morgan fingerprint density at radius 2 is 1.79 bits per heavy atom. The molecule has 1 atom stereocenters. The molecule has 1 aromatic heterocycles. The largest absolute Gasteiger partial charge is 0.296 e. The highest BCUT2D eigenvalue weighted by Crippen LogP contribution is 2.20. The Balaban J connectivity index is 0.00000123. The van der Waals surface area contributed by atoms with Gasteiger partial charge in [0.05, 0.1) is 17.0 Å². The first kappa shape index (κ1) is 21.8. The average molecular weight is 333 g/mol. The summed E-state index contributed by atoms with van der Waals surface area (Å²) in [4.78, 5) is 23.2. The number of carbonyl (C=O) groups is 2. The van der Waals surface area contributed by atoms with E-state index < -0.39 is 0 Å². The highest BCUT2D eigenvalue weighted by Gasteiger charge is 2.30. The van der Waals surface area contributed by atoms with Crippen LogP contribution in [-0.4, -0.2) is 21.6 Å². The van der Waals surface area contributed by atoms with Crippen LogP contribution < -0.4 is 15.9 Å². The van der Waals surface area contributed by atoms with Crippen LogP contribution >= 0.6 is 0 Å². The van der Waals surface area contributed by atoms with E-state index in [1.807, 2.05) is 72.9 Å². The molecule has 0 spiro atoms. The van der Waals surface area contributed by atoms with Crippen molar-refractivity contribution < 1.29 is 9.59 Å². The van der Waals surface area contributed by atoms with E-state index in [1.54, 1.807) is 4.68 Å². The van der Waals surface area contributed by atoms with Gasteiger partial charge in [0.25, 0.3) is 0 Å². The lowest BCUT2D eigenvalue weighted by Gasteiger charge is -2.18. The Labute approximate surface area is 145 Å². The molecule has 1 fully saturated rings. The van der Waals surface area contributed by atoms with Crippen molar-refractivity contribution in [1.82, 2.24) is 15.1 Å². The second-order valence-electron chi connectivity index (χ2n) is 4.79. The lowest BCUT2D eigenvalue weighted by molar-refractivity contribution is -0.134. The number of nitrogens with zero attached hydrogens (tertiary/aromatic N) is 2. The minimum atomic E-state index is -0.349. The maximum Gasteiger partial charge on any atom is 0.235 e. The van der Waals surface area contributed by atoms with Gasteiger partial charge in [0.1, 0.15) is 0 Å². The Morgan fingerprint density at radius 1 is 1.17 bits per heavy atom. The first-order valence-corrected chi connectivity index (χ1v) is 8.74. The minimum Gasteiger partial charge on any atom is -0.296 e. The molecule has 1 unspecified atom stereocenters. The van der Waals surface area contributed by atoms with Gasteiger partial charge in [-0.2, -0.15) is 5.10 Å². The predicted molar refractivity (Wildman–Crippen MR) is 99.7 cm³/mol. The summed E-state index contributed by atoms with van der Waals surface area (Å²) >= 11 is 0. The molecular weight excluding hydrogens is 302 g/mol. The summed E-state index contributed by atoms with van der Waals surface area (Å²) in [6.07, 6.45) is 8.70. The average Bonchev–Trinajstić information content (AvgIpc) is 2.92. The zero-order valence-electron chi connectivity index (χ0n) is 16.0. The lowest BCUT2D eigenvalue weighted by atomic mass is 9.94. The molecule has 2 amide bonds. The summed E-state index contributed by atoms with van der Waals surface area (Å²) in [6, 6.07) is 0. The van der Waals surface area contributed by atoms with E-state index in [2.05, 4.69) is 10.4 Å². The van der Waals surface area contributed by atoms with E-state index in [4.69, 9.17) is 0 Å². The van der Waals surface area contributed by atoms with Crippen LogP contribution in [0, 0.1) is 0 Å². The number of carbonyl (C=O) groups excluding carboxylic acids is 2. The molecule has 0 aromatic carbocycles. The summed E-state index contributed by atoms with van der Waals surface area (Å²) in [5, 5.41) is 8.79. The number of hydrogen-bond donors (Lipinski definition) is 1. The van der Waals surface area contributed by atoms with Crippen LogP contribution in [0.3, 0.4) is 0 Å². The number of allylic oxidation sites excluding steroid dienone is 2. The van der Waals surface area contributed by atoms with Crippen LogP contribution in [0.25, 0.3) is 12.2 Å². The quantitative estimate of drug-likeness (QED) is 0.844. The van der Waals surface area contributed by atoms with Crippen molar-refractivity contribution in [3.8, 4) is 0 Å². The van der Waals surface area contributed by atoms with Gasteiger partial charge in [-0.3, -0.25) is 19.6 Å². The first-order chi connectivity index (χ1) is 11.6. The van der Waals surface area contributed by atoms with Gasteiger partial charge in [0.2, 0.25) is 11.8 Å². The van der Waals surface area contributed by atoms with E-state index in [1.165, 1.54) is 0 Å². The summed E-state index contributed by atoms with van der Waals surface area (Å²) in [6.45, 7) is 11.9. The third kappa shape index (κ3) is 5.18. The predicted octanol–water partition coefficient (Wildman–Crippen LogP) is 2.15. The second-order valence-corrected chi connectivity index (χ2v) is 4.79. The molecule has 1 N–H and O–H groups in total. The number of aromatic nitrogens is 2. The number of hydrogen-bond acceptors (Lipinski definition) is 3. The summed E-state index contributed by atoms with van der Waals surface area (Å²) in [7, 11) is 1.86. The van der Waals surface area contributed by atoms with Crippen molar-refractivity contribution in [3.05, 3.63) is 28.4 Å². The van der Waals surface area contributed by atoms with E-state index in [0.717, 1.165) is 16.3 Å². The van der Waals surface area contributed by atoms with Crippen molar-refractivity contribution >= 4 is 24.0 Å². The summed E-state index contributed by atoms with van der Waals surface area (Å²) in [5.74, 6) is -0.803. The Bertz CT molecular complexity index is 684. The second kappa shape index (κ2) is 11.4. The van der Waals surface area contributed by atoms with Gasteiger partial charge in [-0.1, -0.05) is 45.9 Å². The molecule has 2 rings (SSSR count). The highest BCUT2D eigenvalue weighted by molar-refractivity contribution is 6.00. The van der Waals surface area contributed by atoms with Crippen molar-refractivity contribution in [1.29, 1.82) is 0 Å². The normalized spacial score (nSPS) is 18.7. The third-order valence-corrected chi connectivity index (χ3v) is 3.46. The lowest BCUT2D eigenvalue weighted by Crippen LogP contribution is -2.41. The molecule has 5 nitrogen and oxygen atoms in total. The molecule has 5 heteroatoms. The standard InChI is InChI=1S/C15H19N3O2.2C2H6/c1-4-6-7-12-10(5-2)14(17-18(12)3)11-8-9-13(19)16-15(11)20;2*1-2/h4-7,11H,8-9H2,1-3H3,(H,16,19,20);2*1-2H3/b6-4-,10-5+,12-7+;;. The molecule has 1 aliphatic heterocycles. The van der Waals surface area contributed by atoms with Crippen molar-refractivity contribution in [2.45, 2.75) is 60.3 Å². The topological polar surface area (TPSA) is 64.0 Å². The number of nitrogens with one attached hydrogen (secondary N) is 1. The Hall–Kier alpha value is -2.17. The van der Waals surface area contributed by atoms with Gasteiger partial charge < -0.3 is 0 Å². The van der Waals surface area contributed by atoms with E-state index in [-0.39, 0.29) is 17.7 Å². The van der Waals surface area contributed by atoms with Gasteiger partial charge in [-0.15, -0.1) is 0 Å². The number of amides is 2. The monoisotopic (exact) mass is 333 g/mol. The van der Waals surface area contributed by atoms with Gasteiger partial charge in [0, 0.05) is 18.7 Å². The third-order valence-electron chi connectivity index (χ3n) is 3.46. The van der Waals surface area contributed by atoms with E-state index in [9.17, 15) is 9.59 Å². The van der Waals surface area contributed by atoms with Crippen LogP contribution in [0.5, 0.6) is 0 Å². The molecular formula is C19H31N3O2. The summed E-state index contributed by atoms with van der Waals surface area (Å²) in [5.41, 5.74) is 0.746. The van der Waals surface area contributed by atoms with Crippen LogP contribution in [0.15, 0.2) is 12.2 Å². The Kier molecular flexibility index (Phi) is 10.3. The molecule has 0 bridgehead atoms. The first-order valence-electron chi connectivity index (χ1n) is 8.74. The van der Waals surface area contributed by atoms with E-state index in [0.29, 0.717) is 12.8 Å². The van der Waals surface area contributed by atoms with Gasteiger partial charge in [0.15, 0.2) is 0 Å². The molecule has 1 aliphatic rings. The molecule has 2 heterocycles. The van der Waals surface area contributed by atoms with Gasteiger partial charge in [-0.05, 0) is 26.3 Å². The number of piperidine rings is 1. The Morgan fingerprint density at radius 3 is 2.29 bits per heavy atom. The maximum atomic E-state index is 12.0. The molecule has 0 radical (unpaired) electrons. The molecule has 134 valence electrons.